The molecule has 0 aliphatic carbocycles. The maximum Gasteiger partial charge on any atom is 0.251 e. The largest absolute Gasteiger partial charge is 0.366 e. The second-order valence-corrected chi connectivity index (χ2v) is 5.07. The van der Waals surface area contributed by atoms with Gasteiger partial charge in [-0.3, -0.25) is 4.79 Å². The Hall–Kier alpha value is -1.78. The van der Waals surface area contributed by atoms with Crippen LogP contribution in [0.3, 0.4) is 0 Å². The summed E-state index contributed by atoms with van der Waals surface area (Å²) >= 11 is 6.27. The van der Waals surface area contributed by atoms with Crippen molar-refractivity contribution in [2.75, 3.05) is 6.54 Å². The molecule has 3 N–H and O–H groups in total. The molecule has 0 saturated heterocycles. The van der Waals surface area contributed by atoms with E-state index in [1.54, 1.807) is 0 Å². The number of carbonyl (C=O) groups excluding carboxylic acids is 1. The number of nitrogens with one attached hydrogen (secondary N) is 1. The lowest BCUT2D eigenvalue weighted by Crippen LogP contribution is -2.31. The monoisotopic (exact) mass is 275 g/mol. The molecule has 2 aromatic rings. The van der Waals surface area contributed by atoms with Crippen molar-refractivity contribution in [3.05, 3.63) is 47.8 Å². The molecule has 4 nitrogen and oxygen atoms in total. The van der Waals surface area contributed by atoms with Gasteiger partial charge < -0.3 is 15.6 Å². The average molecular weight is 276 g/mol. The molecule has 0 fully saturated rings. The SMILES string of the molecule is NC(=O)c1c(-c2ccccc2)cn2c1CNCC2Cl. The van der Waals surface area contributed by atoms with Crippen LogP contribution in [0.15, 0.2) is 36.5 Å². The predicted octanol–water partition coefficient (Wildman–Crippen LogP) is 2.09. The molecule has 19 heavy (non-hydrogen) atoms. The highest BCUT2D eigenvalue weighted by molar-refractivity contribution is 6.19. The Bertz CT molecular complexity index is 621. The molecular weight excluding hydrogens is 262 g/mol. The molecule has 1 aromatic carbocycles. The Kier molecular flexibility index (Phi) is 3.05. The number of aromatic nitrogens is 1. The Labute approximate surface area is 116 Å². The van der Waals surface area contributed by atoms with Gasteiger partial charge in [-0.2, -0.15) is 0 Å². The summed E-state index contributed by atoms with van der Waals surface area (Å²) in [7, 11) is 0. The normalized spacial score (nSPS) is 18.1. The van der Waals surface area contributed by atoms with Crippen molar-refractivity contribution >= 4 is 17.5 Å². The minimum Gasteiger partial charge on any atom is -0.366 e. The molecule has 0 saturated carbocycles. The Morgan fingerprint density at radius 2 is 2.11 bits per heavy atom. The van der Waals surface area contributed by atoms with Gasteiger partial charge in [-0.05, 0) is 5.56 Å². The van der Waals surface area contributed by atoms with Crippen molar-refractivity contribution in [2.45, 2.75) is 12.0 Å². The van der Waals surface area contributed by atoms with Crippen molar-refractivity contribution in [2.24, 2.45) is 5.73 Å². The van der Waals surface area contributed by atoms with Crippen LogP contribution < -0.4 is 11.1 Å². The number of nitrogens with zero attached hydrogens (tertiary/aromatic N) is 1. The van der Waals surface area contributed by atoms with E-state index in [0.29, 0.717) is 18.7 Å². The maximum absolute atomic E-state index is 11.8. The van der Waals surface area contributed by atoms with Crippen LogP contribution in [-0.2, 0) is 6.54 Å². The second kappa shape index (κ2) is 4.72. The van der Waals surface area contributed by atoms with Gasteiger partial charge in [0.15, 0.2) is 0 Å². The summed E-state index contributed by atoms with van der Waals surface area (Å²) < 4.78 is 1.93. The van der Waals surface area contributed by atoms with Crippen LogP contribution >= 0.6 is 11.6 Å². The molecule has 0 bridgehead atoms. The first-order valence-corrected chi connectivity index (χ1v) is 6.56. The van der Waals surface area contributed by atoms with Crippen LogP contribution in [0.4, 0.5) is 0 Å². The molecule has 1 aromatic heterocycles. The molecule has 1 aliphatic heterocycles. The fraction of sp³-hybridized carbons (Fsp3) is 0.214. The number of hydrogen-bond acceptors (Lipinski definition) is 2. The summed E-state index contributed by atoms with van der Waals surface area (Å²) in [6.07, 6.45) is 1.92. The van der Waals surface area contributed by atoms with Crippen LogP contribution in [0.25, 0.3) is 11.1 Å². The molecule has 0 radical (unpaired) electrons. The van der Waals surface area contributed by atoms with Gasteiger partial charge in [0.2, 0.25) is 0 Å². The number of benzene rings is 1. The van der Waals surface area contributed by atoms with Crippen LogP contribution in [0, 0.1) is 0 Å². The first-order valence-electron chi connectivity index (χ1n) is 6.12. The highest BCUT2D eigenvalue weighted by Crippen LogP contribution is 2.32. The van der Waals surface area contributed by atoms with Crippen molar-refractivity contribution < 1.29 is 4.79 Å². The highest BCUT2D eigenvalue weighted by Gasteiger charge is 2.26. The summed E-state index contributed by atoms with van der Waals surface area (Å²) in [5.74, 6) is -0.417. The Morgan fingerprint density at radius 1 is 1.37 bits per heavy atom. The van der Waals surface area contributed by atoms with E-state index >= 15 is 0 Å². The number of amides is 1. The van der Waals surface area contributed by atoms with E-state index in [1.165, 1.54) is 0 Å². The Morgan fingerprint density at radius 3 is 2.79 bits per heavy atom. The van der Waals surface area contributed by atoms with Gasteiger partial charge in [0.1, 0.15) is 5.50 Å². The number of halogens is 1. The molecule has 0 spiro atoms. The maximum atomic E-state index is 11.8. The summed E-state index contributed by atoms with van der Waals surface area (Å²) in [6, 6.07) is 9.74. The lowest BCUT2D eigenvalue weighted by atomic mass is 10.0. The van der Waals surface area contributed by atoms with E-state index in [2.05, 4.69) is 5.32 Å². The first kappa shape index (κ1) is 12.3. The quantitative estimate of drug-likeness (QED) is 0.825. The third-order valence-corrected chi connectivity index (χ3v) is 3.74. The van der Waals surface area contributed by atoms with Gasteiger partial charge in [0, 0.05) is 30.5 Å². The zero-order chi connectivity index (χ0) is 13.4. The third-order valence-electron chi connectivity index (χ3n) is 3.38. The minimum atomic E-state index is -0.417. The van der Waals surface area contributed by atoms with Crippen LogP contribution in [0.5, 0.6) is 0 Å². The number of fused-ring (bicyclic) bond motifs is 1. The minimum absolute atomic E-state index is 0.195. The lowest BCUT2D eigenvalue weighted by Gasteiger charge is -2.22. The highest BCUT2D eigenvalue weighted by atomic mass is 35.5. The first-order chi connectivity index (χ1) is 9.18. The molecule has 5 heteroatoms. The number of hydrogen-bond donors (Lipinski definition) is 2. The molecule has 3 rings (SSSR count). The van der Waals surface area contributed by atoms with E-state index < -0.39 is 5.91 Å². The van der Waals surface area contributed by atoms with E-state index in [9.17, 15) is 4.79 Å². The number of rotatable bonds is 2. The molecule has 2 heterocycles. The third kappa shape index (κ3) is 2.03. The van der Waals surface area contributed by atoms with Crippen LogP contribution in [-0.4, -0.2) is 17.0 Å². The van der Waals surface area contributed by atoms with Gasteiger partial charge in [-0.15, -0.1) is 0 Å². The number of carbonyl (C=O) groups is 1. The zero-order valence-corrected chi connectivity index (χ0v) is 11.0. The number of primary amides is 1. The number of alkyl halides is 1. The average Bonchev–Trinajstić information content (AvgIpc) is 2.81. The van der Waals surface area contributed by atoms with Crippen molar-refractivity contribution in [1.82, 2.24) is 9.88 Å². The lowest BCUT2D eigenvalue weighted by molar-refractivity contribution is 0.0999. The van der Waals surface area contributed by atoms with Gasteiger partial charge in [-0.1, -0.05) is 41.9 Å². The van der Waals surface area contributed by atoms with Crippen molar-refractivity contribution in [1.29, 1.82) is 0 Å². The zero-order valence-electron chi connectivity index (χ0n) is 10.3. The molecule has 1 atom stereocenters. The number of nitrogens with two attached hydrogens (primary N) is 1. The Balaban J connectivity index is 2.22. The predicted molar refractivity (Wildman–Crippen MR) is 75.0 cm³/mol. The van der Waals surface area contributed by atoms with E-state index in [0.717, 1.165) is 16.8 Å². The van der Waals surface area contributed by atoms with Crippen LogP contribution in [0.1, 0.15) is 21.6 Å². The summed E-state index contributed by atoms with van der Waals surface area (Å²) in [4.78, 5) is 11.8. The van der Waals surface area contributed by atoms with Gasteiger partial charge in [-0.25, -0.2) is 0 Å². The molecule has 1 amide bonds. The molecule has 1 aliphatic rings. The fourth-order valence-corrected chi connectivity index (χ4v) is 2.80. The van der Waals surface area contributed by atoms with Gasteiger partial charge in [0.25, 0.3) is 5.91 Å². The van der Waals surface area contributed by atoms with Crippen molar-refractivity contribution in [3.8, 4) is 11.1 Å². The topological polar surface area (TPSA) is 60.1 Å². The molecular formula is C14H14ClN3O. The van der Waals surface area contributed by atoms with E-state index in [-0.39, 0.29) is 5.50 Å². The van der Waals surface area contributed by atoms with Crippen LogP contribution in [0.2, 0.25) is 0 Å². The van der Waals surface area contributed by atoms with Gasteiger partial charge >= 0.3 is 0 Å². The van der Waals surface area contributed by atoms with E-state index in [1.807, 2.05) is 41.1 Å². The molecule has 98 valence electrons. The summed E-state index contributed by atoms with van der Waals surface area (Å²) in [6.45, 7) is 1.28. The second-order valence-electron chi connectivity index (χ2n) is 4.57. The van der Waals surface area contributed by atoms with E-state index in [4.69, 9.17) is 17.3 Å². The fourth-order valence-electron chi connectivity index (χ4n) is 2.52. The summed E-state index contributed by atoms with van der Waals surface area (Å²) in [5.41, 5.74) is 8.58. The van der Waals surface area contributed by atoms with Gasteiger partial charge in [0.05, 0.1) is 5.56 Å². The van der Waals surface area contributed by atoms with Crippen molar-refractivity contribution in [3.63, 3.8) is 0 Å². The standard InChI is InChI=1S/C14H14ClN3O/c15-12-7-17-6-11-13(14(16)19)10(8-18(11)12)9-4-2-1-3-5-9/h1-5,8,12,17H,6-7H2,(H2,16,19). The summed E-state index contributed by atoms with van der Waals surface area (Å²) in [5, 5.41) is 3.19. The molecule has 1 unspecified atom stereocenters. The smallest absolute Gasteiger partial charge is 0.251 e.